The third kappa shape index (κ3) is 3.75. The Labute approximate surface area is 118 Å². The van der Waals surface area contributed by atoms with Crippen molar-refractivity contribution in [2.24, 2.45) is 0 Å². The first-order chi connectivity index (χ1) is 8.08. The molecule has 1 N–H and O–H groups in total. The van der Waals surface area contributed by atoms with Gasteiger partial charge in [-0.25, -0.2) is 0 Å². The van der Waals surface area contributed by atoms with Crippen molar-refractivity contribution >= 4 is 34.8 Å². The first-order valence-corrected chi connectivity index (χ1v) is 7.11. The molecule has 0 saturated heterocycles. The summed E-state index contributed by atoms with van der Waals surface area (Å²) in [5, 5.41) is 4.71. The Hall–Kier alpha value is 0.0500. The van der Waals surface area contributed by atoms with Crippen molar-refractivity contribution < 1.29 is 0 Å². The first-order valence-electron chi connectivity index (χ1n) is 5.82. The third-order valence-electron chi connectivity index (χ3n) is 3.29. The Morgan fingerprint density at radius 3 is 2.35 bits per heavy atom. The van der Waals surface area contributed by atoms with Gasteiger partial charge in [-0.1, -0.05) is 49.2 Å². The standard InChI is InChI=1S/C13H18Cl3N/c1-3-13(4-2,9-14)17-8-10-6-5-7-11(15)12(10)16/h5-7,17H,3-4,8-9H2,1-2H3. The summed E-state index contributed by atoms with van der Waals surface area (Å²) in [6.45, 7) is 4.96. The van der Waals surface area contributed by atoms with Crippen molar-refractivity contribution in [3.8, 4) is 0 Å². The molecule has 0 atom stereocenters. The fourth-order valence-electron chi connectivity index (χ4n) is 1.70. The van der Waals surface area contributed by atoms with Crippen LogP contribution in [0.4, 0.5) is 0 Å². The molecule has 0 fully saturated rings. The lowest BCUT2D eigenvalue weighted by molar-refractivity contribution is 0.334. The number of halogens is 3. The van der Waals surface area contributed by atoms with Gasteiger partial charge in [0.15, 0.2) is 0 Å². The fourth-order valence-corrected chi connectivity index (χ4v) is 2.56. The maximum Gasteiger partial charge on any atom is 0.0637 e. The smallest absolute Gasteiger partial charge is 0.0637 e. The van der Waals surface area contributed by atoms with Crippen molar-refractivity contribution in [1.29, 1.82) is 0 Å². The van der Waals surface area contributed by atoms with E-state index in [9.17, 15) is 0 Å². The van der Waals surface area contributed by atoms with Crippen LogP contribution in [0.15, 0.2) is 18.2 Å². The monoisotopic (exact) mass is 293 g/mol. The van der Waals surface area contributed by atoms with E-state index in [1.807, 2.05) is 12.1 Å². The summed E-state index contributed by atoms with van der Waals surface area (Å²) in [7, 11) is 0. The highest BCUT2D eigenvalue weighted by molar-refractivity contribution is 6.42. The molecule has 1 nitrogen and oxygen atoms in total. The zero-order chi connectivity index (χ0) is 12.9. The first kappa shape index (κ1) is 15.1. The Kier molecular flexibility index (Phi) is 6.08. The third-order valence-corrected chi connectivity index (χ3v) is 4.66. The van der Waals surface area contributed by atoms with Crippen molar-refractivity contribution in [2.75, 3.05) is 5.88 Å². The Morgan fingerprint density at radius 1 is 1.18 bits per heavy atom. The zero-order valence-electron chi connectivity index (χ0n) is 10.2. The molecule has 0 amide bonds. The van der Waals surface area contributed by atoms with Gasteiger partial charge in [-0.05, 0) is 24.5 Å². The summed E-state index contributed by atoms with van der Waals surface area (Å²) >= 11 is 18.2. The zero-order valence-corrected chi connectivity index (χ0v) is 12.5. The minimum absolute atomic E-state index is 0.0206. The second-order valence-electron chi connectivity index (χ2n) is 4.19. The quantitative estimate of drug-likeness (QED) is 0.737. The van der Waals surface area contributed by atoms with E-state index in [1.54, 1.807) is 6.07 Å². The van der Waals surface area contributed by atoms with Crippen LogP contribution >= 0.6 is 34.8 Å². The van der Waals surface area contributed by atoms with Gasteiger partial charge in [-0.15, -0.1) is 11.6 Å². The summed E-state index contributed by atoms with van der Waals surface area (Å²) in [5.41, 5.74) is 0.989. The molecular weight excluding hydrogens is 277 g/mol. The average molecular weight is 295 g/mol. The topological polar surface area (TPSA) is 12.0 Å². The molecular formula is C13H18Cl3N. The molecule has 0 spiro atoms. The minimum atomic E-state index is -0.0206. The molecule has 1 aromatic rings. The van der Waals surface area contributed by atoms with E-state index in [1.165, 1.54) is 0 Å². The molecule has 0 radical (unpaired) electrons. The Balaban J connectivity index is 2.75. The molecule has 0 aliphatic rings. The van der Waals surface area contributed by atoms with E-state index >= 15 is 0 Å². The van der Waals surface area contributed by atoms with Gasteiger partial charge in [0, 0.05) is 18.0 Å². The molecule has 96 valence electrons. The summed E-state index contributed by atoms with van der Waals surface area (Å²) in [6, 6.07) is 5.68. The lowest BCUT2D eigenvalue weighted by atomic mass is 9.95. The number of benzene rings is 1. The van der Waals surface area contributed by atoms with Crippen LogP contribution in [0.3, 0.4) is 0 Å². The number of hydrogen-bond donors (Lipinski definition) is 1. The van der Waals surface area contributed by atoms with E-state index in [0.717, 1.165) is 18.4 Å². The van der Waals surface area contributed by atoms with Gasteiger partial charge in [0.25, 0.3) is 0 Å². The molecule has 1 rings (SSSR count). The Bertz CT molecular complexity index is 353. The van der Waals surface area contributed by atoms with Crippen LogP contribution in [-0.2, 0) is 6.54 Å². The van der Waals surface area contributed by atoms with Crippen LogP contribution in [0.1, 0.15) is 32.3 Å². The van der Waals surface area contributed by atoms with Crippen LogP contribution in [-0.4, -0.2) is 11.4 Å². The SMILES string of the molecule is CCC(CC)(CCl)NCc1cccc(Cl)c1Cl. The molecule has 17 heavy (non-hydrogen) atoms. The maximum absolute atomic E-state index is 6.15. The minimum Gasteiger partial charge on any atom is -0.306 e. The van der Waals surface area contributed by atoms with Crippen molar-refractivity contribution in [3.05, 3.63) is 33.8 Å². The van der Waals surface area contributed by atoms with E-state index in [4.69, 9.17) is 34.8 Å². The second kappa shape index (κ2) is 6.84. The molecule has 0 aliphatic heterocycles. The van der Waals surface area contributed by atoms with Crippen LogP contribution in [0, 0.1) is 0 Å². The van der Waals surface area contributed by atoms with Crippen molar-refractivity contribution in [3.63, 3.8) is 0 Å². The van der Waals surface area contributed by atoms with Gasteiger partial charge in [-0.2, -0.15) is 0 Å². The van der Waals surface area contributed by atoms with Gasteiger partial charge in [0.05, 0.1) is 10.0 Å². The number of alkyl halides is 1. The predicted molar refractivity (Wildman–Crippen MR) is 77.3 cm³/mol. The highest BCUT2D eigenvalue weighted by Gasteiger charge is 2.24. The van der Waals surface area contributed by atoms with E-state index in [0.29, 0.717) is 22.5 Å². The molecule has 0 bridgehead atoms. The molecule has 0 saturated carbocycles. The summed E-state index contributed by atoms with van der Waals surface area (Å²) in [5.74, 6) is 0.595. The summed E-state index contributed by atoms with van der Waals surface area (Å²) in [4.78, 5) is 0. The van der Waals surface area contributed by atoms with Gasteiger partial charge in [0.1, 0.15) is 0 Å². The average Bonchev–Trinajstić information content (AvgIpc) is 2.36. The summed E-state index contributed by atoms with van der Waals surface area (Å²) in [6.07, 6.45) is 1.98. The number of nitrogens with one attached hydrogen (secondary N) is 1. The molecule has 0 aliphatic carbocycles. The van der Waals surface area contributed by atoms with Crippen LogP contribution < -0.4 is 5.32 Å². The van der Waals surface area contributed by atoms with Gasteiger partial charge in [0.2, 0.25) is 0 Å². The fraction of sp³-hybridized carbons (Fsp3) is 0.538. The van der Waals surface area contributed by atoms with Crippen LogP contribution in [0.2, 0.25) is 10.0 Å². The van der Waals surface area contributed by atoms with Crippen molar-refractivity contribution in [2.45, 2.75) is 38.8 Å². The van der Waals surface area contributed by atoms with Gasteiger partial charge in [-0.3, -0.25) is 0 Å². The lowest BCUT2D eigenvalue weighted by Crippen LogP contribution is -2.45. The highest BCUT2D eigenvalue weighted by Crippen LogP contribution is 2.26. The maximum atomic E-state index is 6.15. The second-order valence-corrected chi connectivity index (χ2v) is 5.24. The number of rotatable bonds is 6. The van der Waals surface area contributed by atoms with Crippen molar-refractivity contribution in [1.82, 2.24) is 5.32 Å². The van der Waals surface area contributed by atoms with Crippen LogP contribution in [0.5, 0.6) is 0 Å². The molecule has 0 heterocycles. The highest BCUT2D eigenvalue weighted by atomic mass is 35.5. The normalized spacial score (nSPS) is 11.8. The predicted octanol–water partition coefficient (Wildman–Crippen LogP) is 4.88. The number of hydrogen-bond acceptors (Lipinski definition) is 1. The molecule has 0 aromatic heterocycles. The van der Waals surface area contributed by atoms with Gasteiger partial charge >= 0.3 is 0 Å². The largest absolute Gasteiger partial charge is 0.306 e. The summed E-state index contributed by atoms with van der Waals surface area (Å²) < 4.78 is 0. The Morgan fingerprint density at radius 2 is 1.82 bits per heavy atom. The van der Waals surface area contributed by atoms with E-state index < -0.39 is 0 Å². The van der Waals surface area contributed by atoms with E-state index in [-0.39, 0.29) is 5.54 Å². The van der Waals surface area contributed by atoms with Crippen LogP contribution in [0.25, 0.3) is 0 Å². The molecule has 0 unspecified atom stereocenters. The molecule has 4 heteroatoms. The molecule has 1 aromatic carbocycles. The lowest BCUT2D eigenvalue weighted by Gasteiger charge is -2.31. The van der Waals surface area contributed by atoms with Gasteiger partial charge < -0.3 is 5.32 Å². The van der Waals surface area contributed by atoms with E-state index in [2.05, 4.69) is 19.2 Å².